The van der Waals surface area contributed by atoms with Crippen LogP contribution in [0.4, 0.5) is 26.3 Å². The van der Waals surface area contributed by atoms with Crippen LogP contribution in [0.3, 0.4) is 0 Å². The van der Waals surface area contributed by atoms with Crippen LogP contribution in [0.25, 0.3) is 0 Å². The maximum Gasteiger partial charge on any atom is 0.418 e. The molecular weight excluding hydrogens is 381 g/mol. The van der Waals surface area contributed by atoms with E-state index in [1.807, 2.05) is 0 Å². The second-order valence-corrected chi connectivity index (χ2v) is 4.98. The summed E-state index contributed by atoms with van der Waals surface area (Å²) in [6.45, 7) is 0. The molecule has 0 aliphatic heterocycles. The van der Waals surface area contributed by atoms with Gasteiger partial charge >= 0.3 is 12.4 Å². The number of hydrogen-bond acceptors (Lipinski definition) is 1. The zero-order valence-electron chi connectivity index (χ0n) is 8.21. The largest absolute Gasteiger partial charge is 0.418 e. The minimum Gasteiger partial charge on any atom is -0.166 e. The third kappa shape index (κ3) is 3.21. The second-order valence-electron chi connectivity index (χ2n) is 3.00. The van der Waals surface area contributed by atoms with E-state index in [4.69, 9.17) is 0 Å². The highest BCUT2D eigenvalue weighted by Crippen LogP contribution is 2.45. The van der Waals surface area contributed by atoms with Gasteiger partial charge in [-0.3, -0.25) is 0 Å². The molecule has 0 spiro atoms. The number of rotatable bonds is 1. The molecule has 0 aliphatic carbocycles. The van der Waals surface area contributed by atoms with E-state index in [2.05, 4.69) is 0 Å². The Morgan fingerprint density at radius 3 is 1.88 bits per heavy atom. The summed E-state index contributed by atoms with van der Waals surface area (Å²) in [4.78, 5) is -0.395. The molecule has 0 aromatic heterocycles. The molecule has 0 saturated carbocycles. The number of benzene rings is 1. The Labute approximate surface area is 111 Å². The minimum atomic E-state index is -5.02. The summed E-state index contributed by atoms with van der Waals surface area (Å²) >= 11 is 2.23. The predicted molar refractivity (Wildman–Crippen MR) is 60.9 cm³/mol. The van der Waals surface area contributed by atoms with Crippen LogP contribution in [0, 0.1) is 3.57 Å². The Kier molecular flexibility index (Phi) is 4.28. The van der Waals surface area contributed by atoms with Crippen molar-refractivity contribution in [3.05, 3.63) is 26.8 Å². The molecule has 0 amide bonds. The van der Waals surface area contributed by atoms with E-state index in [1.54, 1.807) is 22.6 Å². The lowest BCUT2D eigenvalue weighted by Crippen LogP contribution is -2.18. The third-order valence-corrected chi connectivity index (χ3v) is 4.00. The Balaban J connectivity index is 3.64. The number of halogens is 7. The first-order valence-corrected chi connectivity index (χ1v) is 6.40. The van der Waals surface area contributed by atoms with Gasteiger partial charge in [-0.1, -0.05) is 0 Å². The number of hydrogen-bond donors (Lipinski definition) is 0. The Bertz CT molecular complexity index is 423. The van der Waals surface area contributed by atoms with Gasteiger partial charge in [0.25, 0.3) is 0 Å². The molecule has 0 aliphatic rings. The summed E-state index contributed by atoms with van der Waals surface area (Å²) in [6, 6.07) is 1.49. The van der Waals surface area contributed by atoms with E-state index in [0.29, 0.717) is 17.8 Å². The van der Waals surface area contributed by atoms with Crippen molar-refractivity contribution in [2.45, 2.75) is 17.2 Å². The first-order chi connectivity index (χ1) is 7.59. The van der Waals surface area contributed by atoms with Crippen LogP contribution in [0.2, 0.25) is 0 Å². The fraction of sp³-hybridized carbons (Fsp3) is 0.333. The first kappa shape index (κ1) is 14.9. The highest BCUT2D eigenvalue weighted by Gasteiger charge is 2.45. The van der Waals surface area contributed by atoms with Crippen LogP contribution >= 0.6 is 34.4 Å². The lowest BCUT2D eigenvalue weighted by atomic mass is 10.1. The quantitative estimate of drug-likeness (QED) is 0.370. The summed E-state index contributed by atoms with van der Waals surface area (Å²) in [5.41, 5.74) is -3.25. The predicted octanol–water partition coefficient (Wildman–Crippen LogP) is 5.05. The molecule has 17 heavy (non-hydrogen) atoms. The standard InChI is InChI=1S/C9H5F6IS/c1-17-7-5(16)3-2-4(8(10,11)12)6(7)9(13,14)15/h2-3H,1H3. The van der Waals surface area contributed by atoms with Gasteiger partial charge < -0.3 is 0 Å². The number of alkyl halides is 6. The molecular formula is C9H5F6IS. The molecule has 96 valence electrons. The second kappa shape index (κ2) is 4.87. The molecule has 8 heteroatoms. The zero-order valence-corrected chi connectivity index (χ0v) is 11.2. The van der Waals surface area contributed by atoms with Crippen molar-refractivity contribution in [1.82, 2.24) is 0 Å². The van der Waals surface area contributed by atoms with E-state index in [1.165, 1.54) is 6.26 Å². The molecule has 0 N–H and O–H groups in total. The van der Waals surface area contributed by atoms with Gasteiger partial charge in [-0.2, -0.15) is 26.3 Å². The van der Waals surface area contributed by atoms with E-state index < -0.39 is 28.4 Å². The molecule has 1 rings (SSSR count). The Hall–Kier alpha value is -0.120. The van der Waals surface area contributed by atoms with E-state index in [0.717, 1.165) is 6.07 Å². The summed E-state index contributed by atoms with van der Waals surface area (Å²) < 4.78 is 75.8. The Morgan fingerprint density at radius 2 is 1.53 bits per heavy atom. The van der Waals surface area contributed by atoms with Crippen LogP contribution in [-0.2, 0) is 12.4 Å². The molecule has 0 radical (unpaired) electrons. The normalized spacial score (nSPS) is 12.9. The highest BCUT2D eigenvalue weighted by molar-refractivity contribution is 14.1. The maximum atomic E-state index is 12.7. The molecule has 0 saturated heterocycles. The van der Waals surface area contributed by atoms with Gasteiger partial charge in [0.05, 0.1) is 11.1 Å². The van der Waals surface area contributed by atoms with Crippen molar-refractivity contribution in [3.63, 3.8) is 0 Å². The van der Waals surface area contributed by atoms with Crippen molar-refractivity contribution in [3.8, 4) is 0 Å². The van der Waals surface area contributed by atoms with Gasteiger partial charge in [0.15, 0.2) is 0 Å². The van der Waals surface area contributed by atoms with E-state index in [9.17, 15) is 26.3 Å². The van der Waals surface area contributed by atoms with Crippen LogP contribution < -0.4 is 0 Å². The summed E-state index contributed by atoms with van der Waals surface area (Å²) in [6.07, 6.45) is -8.73. The van der Waals surface area contributed by atoms with Crippen molar-refractivity contribution in [1.29, 1.82) is 0 Å². The average Bonchev–Trinajstić information content (AvgIpc) is 2.13. The maximum absolute atomic E-state index is 12.7. The highest BCUT2D eigenvalue weighted by atomic mass is 127. The molecule has 0 bridgehead atoms. The molecule has 0 nitrogen and oxygen atoms in total. The van der Waals surface area contributed by atoms with Gasteiger partial charge in [-0.25, -0.2) is 0 Å². The number of thioether (sulfide) groups is 1. The van der Waals surface area contributed by atoms with Crippen molar-refractivity contribution < 1.29 is 26.3 Å². The smallest absolute Gasteiger partial charge is 0.166 e. The van der Waals surface area contributed by atoms with Crippen LogP contribution in [0.5, 0.6) is 0 Å². The molecule has 0 unspecified atom stereocenters. The molecule has 0 atom stereocenters. The Morgan fingerprint density at radius 1 is 1.00 bits per heavy atom. The van der Waals surface area contributed by atoms with Crippen molar-refractivity contribution >= 4 is 34.4 Å². The topological polar surface area (TPSA) is 0 Å². The lowest BCUT2D eigenvalue weighted by molar-refractivity contribution is -0.163. The minimum absolute atomic E-state index is 0.149. The summed E-state index contributed by atoms with van der Waals surface area (Å²) in [7, 11) is 0. The van der Waals surface area contributed by atoms with Gasteiger partial charge in [0.2, 0.25) is 0 Å². The van der Waals surface area contributed by atoms with Gasteiger partial charge in [-0.15, -0.1) is 11.8 Å². The molecule has 0 fully saturated rings. The van der Waals surface area contributed by atoms with E-state index >= 15 is 0 Å². The zero-order chi connectivity index (χ0) is 13.4. The SMILES string of the molecule is CSc1c(I)ccc(C(F)(F)F)c1C(F)(F)F. The molecule has 0 heterocycles. The van der Waals surface area contributed by atoms with Gasteiger partial charge in [-0.05, 0) is 41.0 Å². The average molecular weight is 386 g/mol. The van der Waals surface area contributed by atoms with Gasteiger partial charge in [0, 0.05) is 8.47 Å². The summed E-state index contributed by atoms with van der Waals surface area (Å²) in [5.74, 6) is 0. The van der Waals surface area contributed by atoms with Gasteiger partial charge in [0.1, 0.15) is 0 Å². The first-order valence-electron chi connectivity index (χ1n) is 4.10. The molecule has 1 aromatic carbocycles. The fourth-order valence-corrected chi connectivity index (χ4v) is 3.08. The van der Waals surface area contributed by atoms with Crippen molar-refractivity contribution in [2.24, 2.45) is 0 Å². The molecule has 1 aromatic rings. The monoisotopic (exact) mass is 386 g/mol. The van der Waals surface area contributed by atoms with Crippen molar-refractivity contribution in [2.75, 3.05) is 6.26 Å². The van der Waals surface area contributed by atoms with Crippen LogP contribution in [0.1, 0.15) is 11.1 Å². The van der Waals surface area contributed by atoms with Crippen LogP contribution in [0.15, 0.2) is 17.0 Å². The lowest BCUT2D eigenvalue weighted by Gasteiger charge is -2.19. The third-order valence-electron chi connectivity index (χ3n) is 1.90. The van der Waals surface area contributed by atoms with E-state index in [-0.39, 0.29) is 3.57 Å². The fourth-order valence-electron chi connectivity index (χ4n) is 1.27. The summed E-state index contributed by atoms with van der Waals surface area (Å²) in [5, 5.41) is 0. The van der Waals surface area contributed by atoms with Crippen LogP contribution in [-0.4, -0.2) is 6.26 Å².